The number of nitro benzene ring substituents is 1. The minimum Gasteiger partial charge on any atom is -0.493 e. The van der Waals surface area contributed by atoms with E-state index in [1.807, 2.05) is 0 Å². The third kappa shape index (κ3) is 6.16. The molecule has 0 atom stereocenters. The lowest BCUT2D eigenvalue weighted by Gasteiger charge is -2.12. The molecule has 4 rings (SSSR count). The second-order valence-electron chi connectivity index (χ2n) is 7.82. The van der Waals surface area contributed by atoms with Crippen LogP contribution < -0.4 is 9.47 Å². The number of imide groups is 1. The lowest BCUT2D eigenvalue weighted by molar-refractivity contribution is -0.384. The molecule has 1 fully saturated rings. The molecule has 0 radical (unpaired) electrons. The molecule has 0 aromatic heterocycles. The van der Waals surface area contributed by atoms with Crippen molar-refractivity contribution in [2.75, 3.05) is 13.7 Å². The van der Waals surface area contributed by atoms with Crippen molar-refractivity contribution >= 4 is 52.1 Å². The largest absolute Gasteiger partial charge is 0.493 e. The molecule has 188 valence electrons. The molecular weight excluding hydrogens is 520 g/mol. The molecule has 1 aliphatic rings. The van der Waals surface area contributed by atoms with Gasteiger partial charge in [-0.15, -0.1) is 0 Å². The van der Waals surface area contributed by atoms with Crippen LogP contribution in [0.1, 0.15) is 21.5 Å². The minimum absolute atomic E-state index is 0.00977. The molecule has 0 saturated carbocycles. The summed E-state index contributed by atoms with van der Waals surface area (Å²) in [7, 11) is 1.47. The van der Waals surface area contributed by atoms with Crippen molar-refractivity contribution in [3.8, 4) is 11.5 Å². The topological polar surface area (TPSA) is 116 Å². The molecule has 1 aliphatic heterocycles. The van der Waals surface area contributed by atoms with Gasteiger partial charge in [-0.2, -0.15) is 0 Å². The van der Waals surface area contributed by atoms with E-state index in [1.165, 1.54) is 31.4 Å². The molecule has 0 bridgehead atoms. The first-order chi connectivity index (χ1) is 17.7. The number of hydrogen-bond donors (Lipinski definition) is 0. The Morgan fingerprint density at radius 1 is 1.05 bits per heavy atom. The number of ketones is 1. The van der Waals surface area contributed by atoms with Gasteiger partial charge in [-0.25, -0.2) is 0 Å². The lowest BCUT2D eigenvalue weighted by atomic mass is 10.1. The van der Waals surface area contributed by atoms with Crippen LogP contribution in [0.2, 0.25) is 5.02 Å². The van der Waals surface area contributed by atoms with E-state index in [4.69, 9.17) is 21.1 Å². The summed E-state index contributed by atoms with van der Waals surface area (Å²) in [5.74, 6) is -0.112. The third-order valence-corrected chi connectivity index (χ3v) is 6.53. The quantitative estimate of drug-likeness (QED) is 0.146. The number of rotatable bonds is 9. The Balaban J connectivity index is 1.44. The molecule has 37 heavy (non-hydrogen) atoms. The summed E-state index contributed by atoms with van der Waals surface area (Å²) < 4.78 is 11.2. The SMILES string of the molecule is COc1cc(/C=C2/SC(=O)N(CC(=O)c3ccc(Cl)cc3)C2=O)ccc1OCc1ccc([N+](=O)[O-])cc1. The van der Waals surface area contributed by atoms with Crippen molar-refractivity contribution in [3.63, 3.8) is 0 Å². The summed E-state index contributed by atoms with van der Waals surface area (Å²) >= 11 is 6.59. The highest BCUT2D eigenvalue weighted by atomic mass is 35.5. The van der Waals surface area contributed by atoms with Crippen molar-refractivity contribution in [1.82, 2.24) is 4.90 Å². The summed E-state index contributed by atoms with van der Waals surface area (Å²) in [4.78, 5) is 49.2. The van der Waals surface area contributed by atoms with E-state index >= 15 is 0 Å². The van der Waals surface area contributed by atoms with Gasteiger partial charge in [0, 0.05) is 22.7 Å². The van der Waals surface area contributed by atoms with Crippen LogP contribution in [0.3, 0.4) is 0 Å². The molecule has 0 aliphatic carbocycles. The Bertz CT molecular complexity index is 1410. The predicted molar refractivity (Wildman–Crippen MR) is 139 cm³/mol. The number of benzene rings is 3. The van der Waals surface area contributed by atoms with Crippen LogP contribution in [0.4, 0.5) is 10.5 Å². The average Bonchev–Trinajstić information content (AvgIpc) is 3.15. The molecule has 0 spiro atoms. The van der Waals surface area contributed by atoms with Crippen LogP contribution >= 0.6 is 23.4 Å². The molecule has 2 amide bonds. The monoisotopic (exact) mass is 538 g/mol. The van der Waals surface area contributed by atoms with Gasteiger partial charge in [-0.3, -0.25) is 29.4 Å². The van der Waals surface area contributed by atoms with Crippen LogP contribution in [0.15, 0.2) is 71.6 Å². The van der Waals surface area contributed by atoms with E-state index in [9.17, 15) is 24.5 Å². The van der Waals surface area contributed by atoms with Gasteiger partial charge in [-0.1, -0.05) is 17.7 Å². The van der Waals surface area contributed by atoms with E-state index in [1.54, 1.807) is 48.5 Å². The number of carbonyl (C=O) groups is 3. The maximum atomic E-state index is 12.8. The van der Waals surface area contributed by atoms with E-state index in [0.29, 0.717) is 27.6 Å². The number of carbonyl (C=O) groups excluding carboxylic acids is 3. The number of thioether (sulfide) groups is 1. The van der Waals surface area contributed by atoms with Gasteiger partial charge in [0.05, 0.1) is 23.5 Å². The highest BCUT2D eigenvalue weighted by molar-refractivity contribution is 8.18. The van der Waals surface area contributed by atoms with Gasteiger partial charge in [0.25, 0.3) is 16.8 Å². The Labute approximate surface area is 220 Å². The number of non-ortho nitro benzene ring substituents is 1. The second kappa shape index (κ2) is 11.3. The molecule has 3 aromatic rings. The number of ether oxygens (including phenoxy) is 2. The van der Waals surface area contributed by atoms with Crippen molar-refractivity contribution in [3.05, 3.63) is 103 Å². The van der Waals surface area contributed by atoms with Crippen molar-refractivity contribution in [1.29, 1.82) is 0 Å². The van der Waals surface area contributed by atoms with E-state index < -0.39 is 16.1 Å². The minimum atomic E-state index is -0.560. The zero-order valence-corrected chi connectivity index (χ0v) is 21.0. The molecular formula is C26H19ClN2O7S. The molecule has 1 heterocycles. The van der Waals surface area contributed by atoms with Crippen LogP contribution in [0.5, 0.6) is 11.5 Å². The van der Waals surface area contributed by atoms with E-state index in [0.717, 1.165) is 22.2 Å². The predicted octanol–water partition coefficient (Wildman–Crippen LogP) is 5.76. The molecule has 0 unspecified atom stereocenters. The van der Waals surface area contributed by atoms with Gasteiger partial charge < -0.3 is 9.47 Å². The number of Topliss-reactive ketones (excluding diaryl/α,β-unsaturated/α-hetero) is 1. The number of nitrogens with zero attached hydrogens (tertiary/aromatic N) is 2. The molecule has 9 nitrogen and oxygen atoms in total. The lowest BCUT2D eigenvalue weighted by Crippen LogP contribution is -2.33. The van der Waals surface area contributed by atoms with Gasteiger partial charge in [0.1, 0.15) is 6.61 Å². The van der Waals surface area contributed by atoms with Crippen LogP contribution in [-0.4, -0.2) is 40.4 Å². The molecule has 1 saturated heterocycles. The highest BCUT2D eigenvalue weighted by Crippen LogP contribution is 2.35. The summed E-state index contributed by atoms with van der Waals surface area (Å²) in [5.41, 5.74) is 1.67. The van der Waals surface area contributed by atoms with Crippen molar-refractivity contribution in [2.24, 2.45) is 0 Å². The highest BCUT2D eigenvalue weighted by Gasteiger charge is 2.36. The number of methoxy groups -OCH3 is 1. The Morgan fingerprint density at radius 2 is 1.76 bits per heavy atom. The smallest absolute Gasteiger partial charge is 0.293 e. The van der Waals surface area contributed by atoms with E-state index in [-0.39, 0.29) is 29.5 Å². The fourth-order valence-electron chi connectivity index (χ4n) is 3.43. The third-order valence-electron chi connectivity index (χ3n) is 5.37. The van der Waals surface area contributed by atoms with Crippen molar-refractivity contribution < 1.29 is 28.8 Å². The van der Waals surface area contributed by atoms with E-state index in [2.05, 4.69) is 0 Å². The summed E-state index contributed by atoms with van der Waals surface area (Å²) in [5, 5.41) is 10.7. The summed E-state index contributed by atoms with van der Waals surface area (Å²) in [6.45, 7) is -0.212. The van der Waals surface area contributed by atoms with Crippen LogP contribution in [-0.2, 0) is 11.4 Å². The second-order valence-corrected chi connectivity index (χ2v) is 9.25. The first-order valence-electron chi connectivity index (χ1n) is 10.8. The molecule has 0 N–H and O–H groups in total. The first kappa shape index (κ1) is 25.9. The summed E-state index contributed by atoms with van der Waals surface area (Å²) in [6.07, 6.45) is 1.54. The maximum Gasteiger partial charge on any atom is 0.293 e. The number of nitro groups is 1. The maximum absolute atomic E-state index is 12.8. The average molecular weight is 539 g/mol. The number of hydrogen-bond acceptors (Lipinski definition) is 8. The Morgan fingerprint density at radius 3 is 2.41 bits per heavy atom. The normalized spacial score (nSPS) is 14.2. The zero-order valence-electron chi connectivity index (χ0n) is 19.4. The number of halogens is 1. The Kier molecular flexibility index (Phi) is 7.90. The first-order valence-corrected chi connectivity index (χ1v) is 12.0. The fraction of sp³-hybridized carbons (Fsp3) is 0.115. The standard InChI is InChI=1S/C26H19ClN2O7S/c1-35-23-12-17(4-11-22(23)36-15-16-2-9-20(10-3-16)29(33)34)13-24-25(31)28(26(32)37-24)14-21(30)18-5-7-19(27)8-6-18/h2-13H,14-15H2,1H3/b24-13+. The van der Waals surface area contributed by atoms with Gasteiger partial charge in [-0.05, 0) is 77.5 Å². The Hall–Kier alpha value is -4.15. The zero-order chi connectivity index (χ0) is 26.5. The summed E-state index contributed by atoms with van der Waals surface area (Å²) in [6, 6.07) is 17.2. The molecule has 3 aromatic carbocycles. The van der Waals surface area contributed by atoms with Crippen LogP contribution in [0, 0.1) is 10.1 Å². The van der Waals surface area contributed by atoms with Crippen molar-refractivity contribution in [2.45, 2.75) is 6.61 Å². The molecule has 11 heteroatoms. The fourth-order valence-corrected chi connectivity index (χ4v) is 4.39. The van der Waals surface area contributed by atoms with Gasteiger partial charge in [0.2, 0.25) is 0 Å². The van der Waals surface area contributed by atoms with Gasteiger partial charge in [0.15, 0.2) is 17.3 Å². The van der Waals surface area contributed by atoms with Crippen LogP contribution in [0.25, 0.3) is 6.08 Å². The number of amides is 2. The van der Waals surface area contributed by atoms with Gasteiger partial charge >= 0.3 is 0 Å².